The number of phenolic OH excluding ortho intramolecular Hbond substituents is 2. The van der Waals surface area contributed by atoms with Gasteiger partial charge in [0.2, 0.25) is 0 Å². The predicted molar refractivity (Wildman–Crippen MR) is 56.2 cm³/mol. The first-order valence-electron chi connectivity index (χ1n) is 4.27. The number of halogens is 2. The normalized spacial score (nSPS) is 7.06. The van der Waals surface area contributed by atoms with Crippen molar-refractivity contribution in [3.8, 4) is 11.5 Å². The molecule has 2 rings (SSSR count). The molecule has 0 saturated carbocycles. The van der Waals surface area contributed by atoms with Crippen molar-refractivity contribution in [2.75, 3.05) is 0 Å². The topological polar surface area (TPSA) is 40.5 Å². The maximum atomic E-state index is 8.63. The second-order valence-corrected chi connectivity index (χ2v) is 2.67. The Morgan fingerprint density at radius 2 is 0.765 bits per heavy atom. The Hall–Kier alpha value is -0.286. The van der Waals surface area contributed by atoms with Crippen LogP contribution in [0.5, 0.6) is 11.5 Å². The van der Waals surface area contributed by atoms with Crippen LogP contribution in [0.4, 0.5) is 0 Å². The van der Waals surface area contributed by atoms with Crippen molar-refractivity contribution in [2.24, 2.45) is 0 Å². The molecule has 0 heterocycles. The summed E-state index contributed by atoms with van der Waals surface area (Å²) in [7, 11) is 0. The molecular formula is C12H12Br2O2Ti. The Morgan fingerprint density at radius 3 is 0.882 bits per heavy atom. The van der Waals surface area contributed by atoms with Crippen LogP contribution < -0.4 is 34.0 Å². The van der Waals surface area contributed by atoms with Crippen LogP contribution in [0, 0.1) is 0 Å². The van der Waals surface area contributed by atoms with Crippen LogP contribution in [-0.4, -0.2) is 10.2 Å². The summed E-state index contributed by atoms with van der Waals surface area (Å²) in [5.74, 6) is 0.644. The van der Waals surface area contributed by atoms with Crippen molar-refractivity contribution < 1.29 is 65.9 Å². The van der Waals surface area contributed by atoms with Crippen molar-refractivity contribution in [3.05, 3.63) is 60.7 Å². The summed E-state index contributed by atoms with van der Waals surface area (Å²) in [5, 5.41) is 17.3. The number of hydrogen-bond acceptors (Lipinski definition) is 2. The van der Waals surface area contributed by atoms with Crippen LogP contribution in [0.15, 0.2) is 60.7 Å². The van der Waals surface area contributed by atoms with Gasteiger partial charge < -0.3 is 44.2 Å². The molecule has 0 aromatic heterocycles. The minimum Gasteiger partial charge on any atom is -1.00 e. The molecule has 2 aromatic carbocycles. The fourth-order valence-corrected chi connectivity index (χ4v) is 0.856. The van der Waals surface area contributed by atoms with Crippen LogP contribution in [0.25, 0.3) is 0 Å². The first-order valence-corrected chi connectivity index (χ1v) is 4.27. The second-order valence-electron chi connectivity index (χ2n) is 2.67. The molecule has 0 amide bonds. The number of aromatic hydroxyl groups is 2. The monoisotopic (exact) mass is 394 g/mol. The van der Waals surface area contributed by atoms with Gasteiger partial charge in [0.05, 0.1) is 0 Å². The average molecular weight is 396 g/mol. The third-order valence-electron chi connectivity index (χ3n) is 1.51. The van der Waals surface area contributed by atoms with Crippen molar-refractivity contribution in [1.82, 2.24) is 0 Å². The van der Waals surface area contributed by atoms with Gasteiger partial charge in [0.15, 0.2) is 0 Å². The summed E-state index contributed by atoms with van der Waals surface area (Å²) in [4.78, 5) is 0. The van der Waals surface area contributed by atoms with Gasteiger partial charge in [0.1, 0.15) is 11.5 Å². The van der Waals surface area contributed by atoms with Crippen LogP contribution >= 0.6 is 0 Å². The van der Waals surface area contributed by atoms with E-state index in [0.29, 0.717) is 11.5 Å². The Kier molecular flexibility index (Phi) is 17.8. The number of phenols is 2. The van der Waals surface area contributed by atoms with E-state index in [1.54, 1.807) is 48.5 Å². The molecule has 0 bridgehead atoms. The SMILES string of the molecule is Oc1ccccc1.Oc1ccccc1.[Br-].[Br-].[Ti+2]. The van der Waals surface area contributed by atoms with E-state index >= 15 is 0 Å². The molecule has 2 nitrogen and oxygen atoms in total. The Balaban J connectivity index is -0.000000196. The van der Waals surface area contributed by atoms with Crippen LogP contribution in [-0.2, 0) is 21.7 Å². The zero-order chi connectivity index (χ0) is 10.2. The standard InChI is InChI=1S/2C6H6O.2BrH.Ti/c2*7-6-4-2-1-3-5-6;;;/h2*1-5,7H;2*1H;/q;;;;+2/p-2. The van der Waals surface area contributed by atoms with Gasteiger partial charge in [0.25, 0.3) is 0 Å². The summed E-state index contributed by atoms with van der Waals surface area (Å²) in [5.41, 5.74) is 0. The van der Waals surface area contributed by atoms with Crippen LogP contribution in [0.2, 0.25) is 0 Å². The van der Waals surface area contributed by atoms with Gasteiger partial charge >= 0.3 is 21.7 Å². The minimum absolute atomic E-state index is 0. The summed E-state index contributed by atoms with van der Waals surface area (Å²) in [6.45, 7) is 0. The first-order chi connectivity index (χ1) is 6.79. The third kappa shape index (κ3) is 12.0. The van der Waals surface area contributed by atoms with Crippen LogP contribution in [0.1, 0.15) is 0 Å². The molecule has 0 radical (unpaired) electrons. The molecule has 0 spiro atoms. The average Bonchev–Trinajstić information content (AvgIpc) is 2.21. The van der Waals surface area contributed by atoms with Crippen LogP contribution in [0.3, 0.4) is 0 Å². The number of benzene rings is 2. The quantitative estimate of drug-likeness (QED) is 0.461. The van der Waals surface area contributed by atoms with Gasteiger partial charge in [0, 0.05) is 0 Å². The van der Waals surface area contributed by atoms with Crippen molar-refractivity contribution in [1.29, 1.82) is 0 Å². The molecule has 0 aliphatic heterocycles. The van der Waals surface area contributed by atoms with E-state index in [9.17, 15) is 0 Å². The summed E-state index contributed by atoms with van der Waals surface area (Å²) in [6, 6.07) is 17.4. The van der Waals surface area contributed by atoms with E-state index in [2.05, 4.69) is 0 Å². The molecule has 90 valence electrons. The van der Waals surface area contributed by atoms with E-state index < -0.39 is 0 Å². The largest absolute Gasteiger partial charge is 2.00 e. The van der Waals surface area contributed by atoms with Gasteiger partial charge in [-0.3, -0.25) is 0 Å². The van der Waals surface area contributed by atoms with E-state index in [4.69, 9.17) is 10.2 Å². The molecule has 0 aliphatic rings. The van der Waals surface area contributed by atoms with E-state index in [1.807, 2.05) is 12.1 Å². The van der Waals surface area contributed by atoms with E-state index in [0.717, 1.165) is 0 Å². The first kappa shape index (κ1) is 21.9. The molecule has 2 N–H and O–H groups in total. The Bertz CT molecular complexity index is 320. The number of rotatable bonds is 0. The van der Waals surface area contributed by atoms with Gasteiger partial charge in [-0.1, -0.05) is 36.4 Å². The predicted octanol–water partition coefficient (Wildman–Crippen LogP) is -3.21. The molecule has 5 heteroatoms. The Labute approximate surface area is 137 Å². The Morgan fingerprint density at radius 1 is 0.529 bits per heavy atom. The summed E-state index contributed by atoms with van der Waals surface area (Å²) >= 11 is 0. The molecule has 0 saturated heterocycles. The smallest absolute Gasteiger partial charge is 1.00 e. The maximum absolute atomic E-state index is 8.63. The van der Waals surface area contributed by atoms with Crippen molar-refractivity contribution in [2.45, 2.75) is 0 Å². The molecule has 17 heavy (non-hydrogen) atoms. The molecule has 0 fully saturated rings. The molecular weight excluding hydrogens is 384 g/mol. The molecule has 0 aliphatic carbocycles. The van der Waals surface area contributed by atoms with E-state index in [-0.39, 0.29) is 55.7 Å². The van der Waals surface area contributed by atoms with Crippen molar-refractivity contribution in [3.63, 3.8) is 0 Å². The van der Waals surface area contributed by atoms with Gasteiger partial charge in [-0.15, -0.1) is 0 Å². The zero-order valence-corrected chi connectivity index (χ0v) is 13.7. The third-order valence-corrected chi connectivity index (χ3v) is 1.51. The molecule has 0 atom stereocenters. The molecule has 0 unspecified atom stereocenters. The zero-order valence-electron chi connectivity index (χ0n) is 8.92. The second kappa shape index (κ2) is 13.8. The fourth-order valence-electron chi connectivity index (χ4n) is 0.856. The van der Waals surface area contributed by atoms with Crippen molar-refractivity contribution >= 4 is 0 Å². The number of para-hydroxylation sites is 2. The fraction of sp³-hybridized carbons (Fsp3) is 0. The minimum atomic E-state index is 0. The maximum Gasteiger partial charge on any atom is 2.00 e. The number of hydrogen-bond donors (Lipinski definition) is 2. The van der Waals surface area contributed by atoms with Gasteiger partial charge in [-0.25, -0.2) is 0 Å². The summed E-state index contributed by atoms with van der Waals surface area (Å²) in [6.07, 6.45) is 0. The van der Waals surface area contributed by atoms with E-state index in [1.165, 1.54) is 0 Å². The van der Waals surface area contributed by atoms with Gasteiger partial charge in [-0.2, -0.15) is 0 Å². The van der Waals surface area contributed by atoms with Gasteiger partial charge in [-0.05, 0) is 24.3 Å². The summed E-state index contributed by atoms with van der Waals surface area (Å²) < 4.78 is 0. The molecule has 2 aromatic rings.